The minimum atomic E-state index is -4.94. The van der Waals surface area contributed by atoms with Crippen molar-refractivity contribution in [3.63, 3.8) is 0 Å². The van der Waals surface area contributed by atoms with Gasteiger partial charge in [-0.2, -0.15) is 26.3 Å². The van der Waals surface area contributed by atoms with E-state index in [9.17, 15) is 31.1 Å². The third-order valence-electron chi connectivity index (χ3n) is 3.33. The summed E-state index contributed by atoms with van der Waals surface area (Å²) >= 11 is 0. The normalized spacial score (nSPS) is 16.5. The first-order valence-corrected chi connectivity index (χ1v) is 6.67. The standard InChI is InChI=1S/C14H16F6N2O2/c1-8(24-7-12(21,6-23)22-2)9-3-10(13(15,16)17)5-11(4-9)14(18,19)20/h3-6,8,22H,7,21H2,1-2H3/t8-,12-/m1/s1. The van der Waals surface area contributed by atoms with Crippen LogP contribution in [0.3, 0.4) is 0 Å². The van der Waals surface area contributed by atoms with Gasteiger partial charge in [-0.05, 0) is 37.7 Å². The molecule has 0 spiro atoms. The Kier molecular flexibility index (Phi) is 6.01. The van der Waals surface area contributed by atoms with Gasteiger partial charge in [0.25, 0.3) is 0 Å². The summed E-state index contributed by atoms with van der Waals surface area (Å²) in [4.78, 5) is 10.8. The lowest BCUT2D eigenvalue weighted by molar-refractivity contribution is -0.143. The van der Waals surface area contributed by atoms with Crippen molar-refractivity contribution >= 4 is 6.29 Å². The van der Waals surface area contributed by atoms with Crippen molar-refractivity contribution in [2.24, 2.45) is 5.73 Å². The van der Waals surface area contributed by atoms with Crippen LogP contribution in [0.5, 0.6) is 0 Å². The number of hydrogen-bond acceptors (Lipinski definition) is 4. The number of nitrogens with two attached hydrogens (primary N) is 1. The van der Waals surface area contributed by atoms with Crippen molar-refractivity contribution in [2.45, 2.75) is 31.0 Å². The summed E-state index contributed by atoms with van der Waals surface area (Å²) in [5.41, 5.74) is 0.752. The van der Waals surface area contributed by atoms with E-state index in [0.717, 1.165) is 0 Å². The van der Waals surface area contributed by atoms with Gasteiger partial charge < -0.3 is 10.5 Å². The fourth-order valence-electron chi connectivity index (χ4n) is 1.74. The average molecular weight is 358 g/mol. The highest BCUT2D eigenvalue weighted by Crippen LogP contribution is 2.37. The number of rotatable bonds is 6. The summed E-state index contributed by atoms with van der Waals surface area (Å²) in [6.07, 6.45) is -10.7. The number of likely N-dealkylation sites (N-methyl/N-ethyl adjacent to an activating group) is 1. The Morgan fingerprint density at radius 3 is 1.92 bits per heavy atom. The lowest BCUT2D eigenvalue weighted by Gasteiger charge is -2.25. The minimum Gasteiger partial charge on any atom is -0.370 e. The Labute approximate surface area is 134 Å². The first-order valence-electron chi connectivity index (χ1n) is 6.67. The van der Waals surface area contributed by atoms with Crippen LogP contribution in [0.4, 0.5) is 26.3 Å². The number of benzene rings is 1. The zero-order chi connectivity index (χ0) is 18.8. The van der Waals surface area contributed by atoms with Crippen LogP contribution in [-0.4, -0.2) is 25.6 Å². The van der Waals surface area contributed by atoms with Crippen LogP contribution in [-0.2, 0) is 21.9 Å². The van der Waals surface area contributed by atoms with Gasteiger partial charge in [0.05, 0.1) is 23.8 Å². The maximum Gasteiger partial charge on any atom is 0.416 e. The van der Waals surface area contributed by atoms with Crippen molar-refractivity contribution in [1.82, 2.24) is 5.32 Å². The van der Waals surface area contributed by atoms with Gasteiger partial charge in [0, 0.05) is 0 Å². The van der Waals surface area contributed by atoms with E-state index >= 15 is 0 Å². The summed E-state index contributed by atoms with van der Waals surface area (Å²) in [6.45, 7) is 0.822. The number of alkyl halides is 6. The summed E-state index contributed by atoms with van der Waals surface area (Å²) in [5.74, 6) is 0. The van der Waals surface area contributed by atoms with E-state index in [1.165, 1.54) is 14.0 Å². The molecule has 1 rings (SSSR count). The van der Waals surface area contributed by atoms with Crippen LogP contribution >= 0.6 is 0 Å². The first kappa shape index (κ1) is 20.4. The van der Waals surface area contributed by atoms with Crippen molar-refractivity contribution in [1.29, 1.82) is 0 Å². The maximum atomic E-state index is 12.8. The molecule has 3 N–H and O–H groups in total. The molecule has 136 valence electrons. The molecule has 4 nitrogen and oxygen atoms in total. The van der Waals surface area contributed by atoms with Crippen molar-refractivity contribution in [3.8, 4) is 0 Å². The monoisotopic (exact) mass is 358 g/mol. The molecule has 0 aliphatic heterocycles. The topological polar surface area (TPSA) is 64.3 Å². The number of ether oxygens (including phenoxy) is 1. The second-order valence-corrected chi connectivity index (χ2v) is 5.20. The van der Waals surface area contributed by atoms with Gasteiger partial charge in [-0.15, -0.1) is 0 Å². The van der Waals surface area contributed by atoms with Crippen LogP contribution in [0, 0.1) is 0 Å². The Morgan fingerprint density at radius 2 is 1.58 bits per heavy atom. The van der Waals surface area contributed by atoms with Crippen LogP contribution in [0.25, 0.3) is 0 Å². The third kappa shape index (κ3) is 5.18. The number of nitrogens with one attached hydrogen (secondary N) is 1. The quantitative estimate of drug-likeness (QED) is 0.466. The number of aldehydes is 1. The van der Waals surface area contributed by atoms with E-state index < -0.39 is 41.9 Å². The SMILES string of the molecule is CN[C@](N)(C=O)CO[C@H](C)c1cc(C(F)(F)F)cc(C(F)(F)F)c1. The second kappa shape index (κ2) is 7.08. The van der Waals surface area contributed by atoms with Gasteiger partial charge in [0.1, 0.15) is 5.66 Å². The highest BCUT2D eigenvalue weighted by Gasteiger charge is 2.37. The predicted molar refractivity (Wildman–Crippen MR) is 72.9 cm³/mol. The molecular formula is C14H16F6N2O2. The second-order valence-electron chi connectivity index (χ2n) is 5.20. The third-order valence-corrected chi connectivity index (χ3v) is 3.33. The minimum absolute atomic E-state index is 0.0302. The lowest BCUT2D eigenvalue weighted by Crippen LogP contribution is -2.57. The van der Waals surface area contributed by atoms with E-state index in [0.29, 0.717) is 18.4 Å². The molecule has 0 bridgehead atoms. The fraction of sp³-hybridized carbons (Fsp3) is 0.500. The Bertz CT molecular complexity index is 555. The highest BCUT2D eigenvalue weighted by atomic mass is 19.4. The van der Waals surface area contributed by atoms with Crippen LogP contribution < -0.4 is 11.1 Å². The lowest BCUT2D eigenvalue weighted by atomic mass is 10.0. The van der Waals surface area contributed by atoms with E-state index in [2.05, 4.69) is 5.32 Å². The predicted octanol–water partition coefficient (Wildman–Crippen LogP) is 2.88. The molecule has 0 aromatic heterocycles. The summed E-state index contributed by atoms with van der Waals surface area (Å²) in [6, 6.07) is 1.17. The Balaban J connectivity index is 3.15. The molecule has 0 aliphatic rings. The molecule has 0 unspecified atom stereocenters. The van der Waals surface area contributed by atoms with Crippen LogP contribution in [0.2, 0.25) is 0 Å². The number of carbonyl (C=O) groups excluding carboxylic acids is 1. The average Bonchev–Trinajstić information content (AvgIpc) is 2.50. The highest BCUT2D eigenvalue weighted by molar-refractivity contribution is 5.63. The van der Waals surface area contributed by atoms with Crippen molar-refractivity contribution < 1.29 is 35.9 Å². The van der Waals surface area contributed by atoms with Crippen molar-refractivity contribution in [2.75, 3.05) is 13.7 Å². The fourth-order valence-corrected chi connectivity index (χ4v) is 1.74. The molecule has 10 heteroatoms. The number of carbonyl (C=O) groups is 1. The molecule has 0 amide bonds. The van der Waals surface area contributed by atoms with Crippen LogP contribution in [0.15, 0.2) is 18.2 Å². The largest absolute Gasteiger partial charge is 0.416 e. The van der Waals surface area contributed by atoms with Crippen LogP contribution in [0.1, 0.15) is 29.7 Å². The smallest absolute Gasteiger partial charge is 0.370 e. The number of halogens is 6. The molecule has 0 heterocycles. The molecule has 1 aromatic carbocycles. The Morgan fingerprint density at radius 1 is 1.12 bits per heavy atom. The van der Waals surface area contributed by atoms with Gasteiger partial charge in [-0.3, -0.25) is 10.1 Å². The maximum absolute atomic E-state index is 12.8. The van der Waals surface area contributed by atoms with Crippen molar-refractivity contribution in [3.05, 3.63) is 34.9 Å². The first-order chi connectivity index (χ1) is 10.8. The van der Waals surface area contributed by atoms with E-state index in [4.69, 9.17) is 10.5 Å². The molecule has 0 fully saturated rings. The van der Waals surface area contributed by atoms with Gasteiger partial charge in [-0.25, -0.2) is 0 Å². The molecule has 0 aliphatic carbocycles. The summed E-state index contributed by atoms with van der Waals surface area (Å²) in [5, 5.41) is 2.43. The Hall–Kier alpha value is -1.65. The van der Waals surface area contributed by atoms with Gasteiger partial charge >= 0.3 is 12.4 Å². The molecule has 0 saturated carbocycles. The van der Waals surface area contributed by atoms with E-state index in [-0.39, 0.29) is 11.6 Å². The molecule has 1 aromatic rings. The molecular weight excluding hydrogens is 342 g/mol. The van der Waals surface area contributed by atoms with E-state index in [1.54, 1.807) is 0 Å². The zero-order valence-corrected chi connectivity index (χ0v) is 12.8. The zero-order valence-electron chi connectivity index (χ0n) is 12.8. The molecule has 0 saturated heterocycles. The van der Waals surface area contributed by atoms with Gasteiger partial charge in [0.2, 0.25) is 0 Å². The van der Waals surface area contributed by atoms with E-state index in [1.807, 2.05) is 0 Å². The molecule has 24 heavy (non-hydrogen) atoms. The summed E-state index contributed by atoms with van der Waals surface area (Å²) < 4.78 is 82.0. The molecule has 2 atom stereocenters. The number of hydrogen-bond donors (Lipinski definition) is 2. The summed E-state index contributed by atoms with van der Waals surface area (Å²) in [7, 11) is 1.36. The van der Waals surface area contributed by atoms with Gasteiger partial charge in [-0.1, -0.05) is 0 Å². The van der Waals surface area contributed by atoms with Gasteiger partial charge in [0.15, 0.2) is 6.29 Å². The molecule has 0 radical (unpaired) electrons.